The first kappa shape index (κ1) is 23.0. The van der Waals surface area contributed by atoms with Gasteiger partial charge in [0.15, 0.2) is 0 Å². The molecular formula is C24H31ClN2O2. The smallest absolute Gasteiger partial charge is 0.243 e. The quantitative estimate of drug-likeness (QED) is 0.633. The molecule has 0 saturated heterocycles. The van der Waals surface area contributed by atoms with E-state index in [1.807, 2.05) is 39.8 Å². The van der Waals surface area contributed by atoms with Crippen LogP contribution in [-0.2, 0) is 22.6 Å². The van der Waals surface area contributed by atoms with E-state index in [1.165, 1.54) is 5.56 Å². The van der Waals surface area contributed by atoms with Crippen molar-refractivity contribution in [2.45, 2.75) is 65.6 Å². The summed E-state index contributed by atoms with van der Waals surface area (Å²) >= 11 is 5.99. The van der Waals surface area contributed by atoms with Crippen LogP contribution in [0.5, 0.6) is 0 Å². The lowest BCUT2D eigenvalue weighted by Crippen LogP contribution is -2.50. The maximum atomic E-state index is 13.2. The van der Waals surface area contributed by atoms with E-state index in [1.54, 1.807) is 17.0 Å². The van der Waals surface area contributed by atoms with Gasteiger partial charge in [0, 0.05) is 24.0 Å². The molecule has 2 aromatic rings. The van der Waals surface area contributed by atoms with Gasteiger partial charge in [0.05, 0.1) is 0 Å². The van der Waals surface area contributed by atoms with Crippen molar-refractivity contribution < 1.29 is 9.59 Å². The minimum Gasteiger partial charge on any atom is -0.352 e. The molecule has 2 rings (SSSR count). The highest BCUT2D eigenvalue weighted by Crippen LogP contribution is 2.17. The van der Waals surface area contributed by atoms with E-state index in [0.717, 1.165) is 11.1 Å². The lowest BCUT2D eigenvalue weighted by molar-refractivity contribution is -0.141. The van der Waals surface area contributed by atoms with Crippen LogP contribution < -0.4 is 5.32 Å². The summed E-state index contributed by atoms with van der Waals surface area (Å²) in [5.41, 5.74) is 3.27. The van der Waals surface area contributed by atoms with Crippen molar-refractivity contribution >= 4 is 23.4 Å². The first-order chi connectivity index (χ1) is 13.8. The summed E-state index contributed by atoms with van der Waals surface area (Å²) in [5, 5.41) is 3.60. The lowest BCUT2D eigenvalue weighted by atomic mass is 10.0. The Bertz CT molecular complexity index is 801. The molecule has 0 heterocycles. The van der Waals surface area contributed by atoms with Crippen molar-refractivity contribution in [3.05, 3.63) is 70.2 Å². The van der Waals surface area contributed by atoms with Gasteiger partial charge in [-0.25, -0.2) is 0 Å². The Morgan fingerprint density at radius 3 is 2.14 bits per heavy atom. The third kappa shape index (κ3) is 7.21. The number of carbonyl (C=O) groups is 2. The predicted molar refractivity (Wildman–Crippen MR) is 119 cm³/mol. The molecule has 0 spiro atoms. The van der Waals surface area contributed by atoms with E-state index in [-0.39, 0.29) is 17.9 Å². The molecular weight excluding hydrogens is 384 g/mol. The number of hydrogen-bond donors (Lipinski definition) is 1. The molecule has 0 radical (unpaired) electrons. The van der Waals surface area contributed by atoms with E-state index in [0.29, 0.717) is 30.8 Å². The van der Waals surface area contributed by atoms with Crippen LogP contribution in [0.25, 0.3) is 0 Å². The van der Waals surface area contributed by atoms with Gasteiger partial charge in [-0.05, 0) is 56.9 Å². The van der Waals surface area contributed by atoms with Gasteiger partial charge in [0.25, 0.3) is 0 Å². The van der Waals surface area contributed by atoms with Crippen molar-refractivity contribution in [2.75, 3.05) is 0 Å². The molecule has 4 nitrogen and oxygen atoms in total. The van der Waals surface area contributed by atoms with Gasteiger partial charge in [-0.2, -0.15) is 0 Å². The summed E-state index contributed by atoms with van der Waals surface area (Å²) in [4.78, 5) is 27.6. The van der Waals surface area contributed by atoms with Gasteiger partial charge in [-0.15, -0.1) is 0 Å². The molecule has 0 bridgehead atoms. The van der Waals surface area contributed by atoms with Gasteiger partial charge in [-0.1, -0.05) is 60.5 Å². The number of hydrogen-bond acceptors (Lipinski definition) is 2. The molecule has 1 atom stereocenters. The number of halogens is 1. The van der Waals surface area contributed by atoms with E-state index >= 15 is 0 Å². The number of nitrogens with one attached hydrogen (secondary N) is 1. The van der Waals surface area contributed by atoms with Gasteiger partial charge >= 0.3 is 0 Å². The van der Waals surface area contributed by atoms with Crippen molar-refractivity contribution in [1.29, 1.82) is 0 Å². The number of amides is 2. The fourth-order valence-corrected chi connectivity index (χ4v) is 3.36. The highest BCUT2D eigenvalue weighted by atomic mass is 35.5. The minimum atomic E-state index is -0.501. The number of carbonyl (C=O) groups excluding carboxylic acids is 2. The van der Waals surface area contributed by atoms with E-state index in [2.05, 4.69) is 29.6 Å². The zero-order valence-corrected chi connectivity index (χ0v) is 18.5. The van der Waals surface area contributed by atoms with Crippen molar-refractivity contribution in [3.63, 3.8) is 0 Å². The number of nitrogens with zero attached hydrogens (tertiary/aromatic N) is 1. The molecule has 1 N–H and O–H groups in total. The summed E-state index contributed by atoms with van der Waals surface area (Å²) in [6.07, 6.45) is 1.57. The molecule has 2 amide bonds. The topological polar surface area (TPSA) is 49.4 Å². The van der Waals surface area contributed by atoms with E-state index < -0.39 is 6.04 Å². The van der Waals surface area contributed by atoms with Crippen LogP contribution in [0, 0.1) is 6.92 Å². The molecule has 2 aromatic carbocycles. The summed E-state index contributed by atoms with van der Waals surface area (Å²) in [5.74, 6) is -0.133. The first-order valence-electron chi connectivity index (χ1n) is 10.2. The summed E-state index contributed by atoms with van der Waals surface area (Å²) in [7, 11) is 0. The van der Waals surface area contributed by atoms with E-state index in [4.69, 9.17) is 11.6 Å². The number of aryl methyl sites for hydroxylation is 2. The largest absolute Gasteiger partial charge is 0.352 e. The van der Waals surface area contributed by atoms with Crippen LogP contribution in [0.2, 0.25) is 5.02 Å². The Balaban J connectivity index is 2.18. The second kappa shape index (κ2) is 11.0. The van der Waals surface area contributed by atoms with Crippen LogP contribution in [0.15, 0.2) is 48.5 Å². The lowest BCUT2D eigenvalue weighted by Gasteiger charge is -2.31. The van der Waals surface area contributed by atoms with Gasteiger partial charge in [0.2, 0.25) is 11.8 Å². The van der Waals surface area contributed by atoms with E-state index in [9.17, 15) is 9.59 Å². The average Bonchev–Trinajstić information content (AvgIpc) is 2.68. The summed E-state index contributed by atoms with van der Waals surface area (Å²) in [6.45, 7) is 8.21. The third-order valence-corrected chi connectivity index (χ3v) is 5.08. The molecule has 156 valence electrons. The predicted octanol–water partition coefficient (Wildman–Crippen LogP) is 4.91. The second-order valence-electron chi connectivity index (χ2n) is 7.72. The Hall–Kier alpha value is -2.33. The molecule has 0 unspecified atom stereocenters. The van der Waals surface area contributed by atoms with Gasteiger partial charge < -0.3 is 10.2 Å². The van der Waals surface area contributed by atoms with Crippen LogP contribution in [0.3, 0.4) is 0 Å². The minimum absolute atomic E-state index is 0.0220. The molecule has 0 fully saturated rings. The van der Waals surface area contributed by atoms with Gasteiger partial charge in [0.1, 0.15) is 6.04 Å². The van der Waals surface area contributed by atoms with Crippen LogP contribution >= 0.6 is 11.6 Å². The fraction of sp³-hybridized carbons (Fsp3) is 0.417. The zero-order valence-electron chi connectivity index (χ0n) is 17.7. The van der Waals surface area contributed by atoms with Crippen molar-refractivity contribution in [2.24, 2.45) is 0 Å². The standard InChI is InChI=1S/C24H31ClN2O2/c1-5-22(24(29)26-17(2)3)27(16-20-10-13-21(25)14-11-20)23(28)15-12-19-8-6-18(4)7-9-19/h6-11,13-14,17,22H,5,12,15-16H2,1-4H3,(H,26,29)/t22-/m1/s1. The van der Waals surface area contributed by atoms with Crippen LogP contribution in [0.4, 0.5) is 0 Å². The Labute approximate surface area is 179 Å². The highest BCUT2D eigenvalue weighted by molar-refractivity contribution is 6.30. The van der Waals surface area contributed by atoms with Crippen LogP contribution in [0.1, 0.15) is 50.3 Å². The molecule has 0 aromatic heterocycles. The monoisotopic (exact) mass is 414 g/mol. The normalized spacial score (nSPS) is 11.9. The van der Waals surface area contributed by atoms with Crippen molar-refractivity contribution in [3.8, 4) is 0 Å². The van der Waals surface area contributed by atoms with Crippen molar-refractivity contribution in [1.82, 2.24) is 10.2 Å². The summed E-state index contributed by atoms with van der Waals surface area (Å²) < 4.78 is 0. The highest BCUT2D eigenvalue weighted by Gasteiger charge is 2.28. The average molecular weight is 415 g/mol. The second-order valence-corrected chi connectivity index (χ2v) is 8.16. The SMILES string of the molecule is CC[C@H](C(=O)NC(C)C)N(Cc1ccc(Cl)cc1)C(=O)CCc1ccc(C)cc1. The Kier molecular flexibility index (Phi) is 8.71. The van der Waals surface area contributed by atoms with Crippen LogP contribution in [-0.4, -0.2) is 28.8 Å². The Morgan fingerprint density at radius 1 is 1.00 bits per heavy atom. The maximum absolute atomic E-state index is 13.2. The number of benzene rings is 2. The number of rotatable bonds is 9. The molecule has 0 aliphatic heterocycles. The molecule has 0 aliphatic rings. The fourth-order valence-electron chi connectivity index (χ4n) is 3.24. The third-order valence-electron chi connectivity index (χ3n) is 4.83. The molecule has 5 heteroatoms. The molecule has 0 aliphatic carbocycles. The maximum Gasteiger partial charge on any atom is 0.243 e. The Morgan fingerprint density at radius 2 is 1.59 bits per heavy atom. The first-order valence-corrected chi connectivity index (χ1v) is 10.6. The zero-order chi connectivity index (χ0) is 21.4. The van der Waals surface area contributed by atoms with Gasteiger partial charge in [-0.3, -0.25) is 9.59 Å². The molecule has 29 heavy (non-hydrogen) atoms. The molecule has 0 saturated carbocycles. The summed E-state index contributed by atoms with van der Waals surface area (Å²) in [6, 6.07) is 15.1.